The molecule has 0 amide bonds. The largest absolute Gasteiger partial charge is 0.468 e. The van der Waals surface area contributed by atoms with Gasteiger partial charge in [0, 0.05) is 43.8 Å². The number of fused-ring (bicyclic) bond motifs is 2. The molecule has 0 aliphatic carbocycles. The number of hydrogen-bond acceptors (Lipinski definition) is 7. The van der Waals surface area contributed by atoms with Crippen LogP contribution in [-0.2, 0) is 9.47 Å². The number of nitrogens with zero attached hydrogens (tertiary/aromatic N) is 4. The van der Waals surface area contributed by atoms with Gasteiger partial charge in [0.1, 0.15) is 34.9 Å². The molecule has 1 atom stereocenters. The second kappa shape index (κ2) is 9.21. The summed E-state index contributed by atoms with van der Waals surface area (Å²) in [6, 6.07) is 6.14. The fourth-order valence-electron chi connectivity index (χ4n) is 5.36. The van der Waals surface area contributed by atoms with Crippen LogP contribution in [0.25, 0.3) is 32.9 Å². The quantitative estimate of drug-likeness (QED) is 0.286. The molecular formula is C28H24F2N4O3. The average Bonchev–Trinajstić information content (AvgIpc) is 2.91. The van der Waals surface area contributed by atoms with Crippen LogP contribution >= 0.6 is 0 Å². The SMILES string of the molecule is C#Cc1c(F)ccc2cc(OCOC)cc(-c3ncc4c(N5CCCC6(CCO6)C5)ncnc4c3F)c12. The first-order valence-corrected chi connectivity index (χ1v) is 12.1. The van der Waals surface area contributed by atoms with Gasteiger partial charge in [0.2, 0.25) is 0 Å². The van der Waals surface area contributed by atoms with Crippen LogP contribution in [0.15, 0.2) is 36.8 Å². The molecule has 9 heteroatoms. The highest BCUT2D eigenvalue weighted by atomic mass is 19.1. The summed E-state index contributed by atoms with van der Waals surface area (Å²) in [7, 11) is 1.50. The molecule has 0 saturated carbocycles. The average molecular weight is 503 g/mol. The van der Waals surface area contributed by atoms with Crippen molar-refractivity contribution in [1.29, 1.82) is 0 Å². The topological polar surface area (TPSA) is 69.6 Å². The van der Waals surface area contributed by atoms with E-state index in [1.54, 1.807) is 24.4 Å². The van der Waals surface area contributed by atoms with Crippen molar-refractivity contribution in [2.24, 2.45) is 0 Å². The van der Waals surface area contributed by atoms with E-state index in [4.69, 9.17) is 20.6 Å². The number of rotatable bonds is 5. The van der Waals surface area contributed by atoms with Gasteiger partial charge in [-0.1, -0.05) is 12.0 Å². The molecule has 37 heavy (non-hydrogen) atoms. The van der Waals surface area contributed by atoms with Gasteiger partial charge < -0.3 is 19.1 Å². The van der Waals surface area contributed by atoms with E-state index in [0.717, 1.165) is 32.4 Å². The van der Waals surface area contributed by atoms with Crippen LogP contribution < -0.4 is 9.64 Å². The van der Waals surface area contributed by atoms with E-state index in [-0.39, 0.29) is 29.2 Å². The third kappa shape index (κ3) is 3.93. The number of halogens is 2. The molecule has 0 N–H and O–H groups in total. The molecular weight excluding hydrogens is 478 g/mol. The molecule has 6 rings (SSSR count). The van der Waals surface area contributed by atoms with Crippen LogP contribution in [0, 0.1) is 24.0 Å². The van der Waals surface area contributed by atoms with Gasteiger partial charge in [-0.3, -0.25) is 4.98 Å². The number of methoxy groups -OCH3 is 1. The molecule has 1 unspecified atom stereocenters. The monoisotopic (exact) mass is 502 g/mol. The highest BCUT2D eigenvalue weighted by Gasteiger charge is 2.42. The van der Waals surface area contributed by atoms with E-state index in [2.05, 4.69) is 25.8 Å². The summed E-state index contributed by atoms with van der Waals surface area (Å²) in [6.07, 6.45) is 11.6. The lowest BCUT2D eigenvalue weighted by Gasteiger charge is -2.48. The summed E-state index contributed by atoms with van der Waals surface area (Å²) in [5.41, 5.74) is 0.285. The summed E-state index contributed by atoms with van der Waals surface area (Å²) in [6.45, 7) is 2.23. The summed E-state index contributed by atoms with van der Waals surface area (Å²) >= 11 is 0. The van der Waals surface area contributed by atoms with Gasteiger partial charge in [-0.2, -0.15) is 0 Å². The zero-order valence-corrected chi connectivity index (χ0v) is 20.3. The minimum atomic E-state index is -0.648. The van der Waals surface area contributed by atoms with Gasteiger partial charge in [0.25, 0.3) is 0 Å². The van der Waals surface area contributed by atoms with Crippen molar-refractivity contribution in [3.05, 3.63) is 54.0 Å². The smallest absolute Gasteiger partial charge is 0.188 e. The Kier molecular flexibility index (Phi) is 5.86. The molecule has 2 aromatic heterocycles. The minimum absolute atomic E-state index is 0.00967. The Morgan fingerprint density at radius 2 is 2.05 bits per heavy atom. The van der Waals surface area contributed by atoms with Crippen molar-refractivity contribution in [1.82, 2.24) is 15.0 Å². The number of hydrogen-bond donors (Lipinski definition) is 0. The molecule has 2 saturated heterocycles. The first-order valence-electron chi connectivity index (χ1n) is 12.1. The van der Waals surface area contributed by atoms with Gasteiger partial charge in [0.15, 0.2) is 12.6 Å². The van der Waals surface area contributed by atoms with Crippen LogP contribution in [0.1, 0.15) is 24.8 Å². The fraction of sp³-hybridized carbons (Fsp3) is 0.321. The number of terminal acetylenes is 1. The van der Waals surface area contributed by atoms with Gasteiger partial charge >= 0.3 is 0 Å². The molecule has 188 valence electrons. The van der Waals surface area contributed by atoms with Crippen molar-refractivity contribution in [3.8, 4) is 29.4 Å². The van der Waals surface area contributed by atoms with E-state index in [1.165, 1.54) is 19.5 Å². The van der Waals surface area contributed by atoms with E-state index in [0.29, 0.717) is 39.8 Å². The minimum Gasteiger partial charge on any atom is -0.468 e. The Labute approximate surface area is 212 Å². The maximum Gasteiger partial charge on any atom is 0.188 e. The Bertz CT molecular complexity index is 1570. The number of piperidine rings is 1. The number of ether oxygens (including phenoxy) is 3. The van der Waals surface area contributed by atoms with Gasteiger partial charge in [-0.25, -0.2) is 18.7 Å². The van der Waals surface area contributed by atoms with E-state index in [9.17, 15) is 4.39 Å². The third-order valence-corrected chi connectivity index (χ3v) is 7.19. The van der Waals surface area contributed by atoms with E-state index >= 15 is 4.39 Å². The van der Waals surface area contributed by atoms with Gasteiger partial charge in [-0.15, -0.1) is 6.42 Å². The lowest BCUT2D eigenvalue weighted by molar-refractivity contribution is -0.151. The molecule has 4 heterocycles. The molecule has 2 fully saturated rings. The first kappa shape index (κ1) is 23.5. The predicted octanol–water partition coefficient (Wildman–Crippen LogP) is 4.85. The first-order chi connectivity index (χ1) is 18.0. The van der Waals surface area contributed by atoms with Crippen LogP contribution in [0.4, 0.5) is 14.6 Å². The van der Waals surface area contributed by atoms with Crippen molar-refractivity contribution in [3.63, 3.8) is 0 Å². The van der Waals surface area contributed by atoms with Crippen LogP contribution in [0.2, 0.25) is 0 Å². The molecule has 7 nitrogen and oxygen atoms in total. The molecule has 0 bridgehead atoms. The third-order valence-electron chi connectivity index (χ3n) is 7.19. The van der Waals surface area contributed by atoms with Crippen LogP contribution in [-0.4, -0.2) is 54.2 Å². The Balaban J connectivity index is 1.52. The Hall–Kier alpha value is -3.87. The van der Waals surface area contributed by atoms with E-state index in [1.807, 2.05) is 0 Å². The molecule has 2 aromatic carbocycles. The molecule has 2 aliphatic rings. The fourth-order valence-corrected chi connectivity index (χ4v) is 5.36. The second-order valence-electron chi connectivity index (χ2n) is 9.37. The lowest BCUT2D eigenvalue weighted by Crippen LogP contribution is -2.56. The summed E-state index contributed by atoms with van der Waals surface area (Å²) in [5.74, 6) is 2.20. The summed E-state index contributed by atoms with van der Waals surface area (Å²) < 4.78 is 47.4. The van der Waals surface area contributed by atoms with Crippen LogP contribution in [0.3, 0.4) is 0 Å². The maximum absolute atomic E-state index is 16.2. The lowest BCUT2D eigenvalue weighted by atomic mass is 9.86. The zero-order valence-electron chi connectivity index (χ0n) is 20.3. The highest BCUT2D eigenvalue weighted by Crippen LogP contribution is 2.40. The van der Waals surface area contributed by atoms with Gasteiger partial charge in [-0.05, 0) is 36.4 Å². The second-order valence-corrected chi connectivity index (χ2v) is 9.37. The number of aromatic nitrogens is 3. The van der Waals surface area contributed by atoms with E-state index < -0.39 is 11.6 Å². The summed E-state index contributed by atoms with van der Waals surface area (Å²) in [5, 5.41) is 1.45. The van der Waals surface area contributed by atoms with Crippen LogP contribution in [0.5, 0.6) is 5.75 Å². The van der Waals surface area contributed by atoms with Gasteiger partial charge in [0.05, 0.1) is 23.2 Å². The molecule has 0 radical (unpaired) electrons. The number of pyridine rings is 1. The van der Waals surface area contributed by atoms with Crippen molar-refractivity contribution >= 4 is 27.5 Å². The van der Waals surface area contributed by atoms with Crippen molar-refractivity contribution < 1.29 is 23.0 Å². The van der Waals surface area contributed by atoms with Crippen molar-refractivity contribution in [2.75, 3.05) is 38.5 Å². The molecule has 4 aromatic rings. The summed E-state index contributed by atoms with van der Waals surface area (Å²) in [4.78, 5) is 15.3. The molecule has 2 aliphatic heterocycles. The Morgan fingerprint density at radius 1 is 1.19 bits per heavy atom. The van der Waals surface area contributed by atoms with Crippen molar-refractivity contribution in [2.45, 2.75) is 24.9 Å². The standard InChI is InChI=1S/C28H24F2N4O3/c1-3-19-22(29)6-5-17-11-18(36-16-35-2)12-20(23(17)19)25-24(30)26-21(13-31-25)27(33-15-32-26)34-9-4-7-28(14-34)8-10-37-28/h1,5-6,11-13,15H,4,7-10,14,16H2,2H3. The number of benzene rings is 2. The Morgan fingerprint density at radius 3 is 2.81 bits per heavy atom. The maximum atomic E-state index is 16.2. The zero-order chi connectivity index (χ0) is 25.6. The highest BCUT2D eigenvalue weighted by molar-refractivity contribution is 6.03. The molecule has 1 spiro atoms. The normalized spacial score (nSPS) is 19.2. The predicted molar refractivity (Wildman–Crippen MR) is 135 cm³/mol. The number of anilines is 1.